The second-order valence-corrected chi connectivity index (χ2v) is 4.88. The first-order chi connectivity index (χ1) is 7.60. The SMILES string of the molecule is CC(CO)NC1(C(=O)O)CCCCCCC1. The van der Waals surface area contributed by atoms with E-state index in [9.17, 15) is 9.90 Å². The van der Waals surface area contributed by atoms with Crippen LogP contribution in [0.15, 0.2) is 0 Å². The van der Waals surface area contributed by atoms with Crippen molar-refractivity contribution in [2.75, 3.05) is 6.61 Å². The Balaban J connectivity index is 2.71. The molecule has 0 aromatic heterocycles. The molecule has 4 nitrogen and oxygen atoms in total. The highest BCUT2D eigenvalue weighted by atomic mass is 16.4. The van der Waals surface area contributed by atoms with Crippen molar-refractivity contribution in [3.63, 3.8) is 0 Å². The number of carbonyl (C=O) groups is 1. The largest absolute Gasteiger partial charge is 0.480 e. The minimum Gasteiger partial charge on any atom is -0.480 e. The highest BCUT2D eigenvalue weighted by Gasteiger charge is 2.38. The zero-order valence-corrected chi connectivity index (χ0v) is 10.0. The molecule has 1 unspecified atom stereocenters. The highest BCUT2D eigenvalue weighted by molar-refractivity contribution is 5.78. The summed E-state index contributed by atoms with van der Waals surface area (Å²) >= 11 is 0. The van der Waals surface area contributed by atoms with Crippen LogP contribution in [0.1, 0.15) is 51.9 Å². The number of hydrogen-bond donors (Lipinski definition) is 3. The monoisotopic (exact) mass is 229 g/mol. The summed E-state index contributed by atoms with van der Waals surface area (Å²) in [4.78, 5) is 11.4. The van der Waals surface area contributed by atoms with Gasteiger partial charge in [0.25, 0.3) is 0 Å². The van der Waals surface area contributed by atoms with Crippen LogP contribution in [0.2, 0.25) is 0 Å². The lowest BCUT2D eigenvalue weighted by Crippen LogP contribution is -2.56. The van der Waals surface area contributed by atoms with Gasteiger partial charge in [-0.05, 0) is 19.8 Å². The molecular formula is C12H23NO3. The van der Waals surface area contributed by atoms with Crippen LogP contribution in [-0.4, -0.2) is 34.4 Å². The lowest BCUT2D eigenvalue weighted by atomic mass is 9.83. The molecule has 0 radical (unpaired) electrons. The van der Waals surface area contributed by atoms with Gasteiger partial charge in [0.1, 0.15) is 5.54 Å². The van der Waals surface area contributed by atoms with Gasteiger partial charge in [0.05, 0.1) is 6.61 Å². The second kappa shape index (κ2) is 6.21. The maximum Gasteiger partial charge on any atom is 0.323 e. The third-order valence-electron chi connectivity index (χ3n) is 3.41. The predicted molar refractivity (Wildman–Crippen MR) is 62.4 cm³/mol. The Hall–Kier alpha value is -0.610. The van der Waals surface area contributed by atoms with E-state index in [0.717, 1.165) is 25.7 Å². The van der Waals surface area contributed by atoms with Crippen molar-refractivity contribution in [2.45, 2.75) is 63.5 Å². The van der Waals surface area contributed by atoms with E-state index in [1.165, 1.54) is 6.42 Å². The molecule has 0 heterocycles. The summed E-state index contributed by atoms with van der Waals surface area (Å²) in [6, 6.07) is -0.157. The summed E-state index contributed by atoms with van der Waals surface area (Å²) in [5.41, 5.74) is -0.817. The predicted octanol–water partition coefficient (Wildman–Crippen LogP) is 1.52. The van der Waals surface area contributed by atoms with E-state index in [1.807, 2.05) is 6.92 Å². The number of aliphatic hydroxyl groups excluding tert-OH is 1. The van der Waals surface area contributed by atoms with Gasteiger partial charge in [0.15, 0.2) is 0 Å². The van der Waals surface area contributed by atoms with Gasteiger partial charge in [0.2, 0.25) is 0 Å². The molecule has 1 aliphatic carbocycles. The number of aliphatic carboxylic acids is 1. The normalized spacial score (nSPS) is 23.1. The van der Waals surface area contributed by atoms with Crippen LogP contribution in [0.5, 0.6) is 0 Å². The van der Waals surface area contributed by atoms with Crippen molar-refractivity contribution in [1.82, 2.24) is 5.32 Å². The number of nitrogens with one attached hydrogen (secondary N) is 1. The Morgan fingerprint density at radius 3 is 2.19 bits per heavy atom. The summed E-state index contributed by atoms with van der Waals surface area (Å²) in [6.07, 6.45) is 6.70. The van der Waals surface area contributed by atoms with Crippen LogP contribution in [0.3, 0.4) is 0 Å². The smallest absolute Gasteiger partial charge is 0.323 e. The van der Waals surface area contributed by atoms with E-state index in [-0.39, 0.29) is 12.6 Å². The summed E-state index contributed by atoms with van der Waals surface area (Å²) < 4.78 is 0. The van der Waals surface area contributed by atoms with Gasteiger partial charge in [-0.25, -0.2) is 0 Å². The molecule has 3 N–H and O–H groups in total. The maximum atomic E-state index is 11.4. The molecule has 94 valence electrons. The first kappa shape index (κ1) is 13.5. The molecule has 0 spiro atoms. The van der Waals surface area contributed by atoms with Crippen molar-refractivity contribution in [1.29, 1.82) is 0 Å². The Kier molecular flexibility index (Phi) is 5.22. The van der Waals surface area contributed by atoms with Crippen LogP contribution in [0.4, 0.5) is 0 Å². The average molecular weight is 229 g/mol. The minimum absolute atomic E-state index is 0.0188. The van der Waals surface area contributed by atoms with Crippen molar-refractivity contribution < 1.29 is 15.0 Å². The second-order valence-electron chi connectivity index (χ2n) is 4.88. The lowest BCUT2D eigenvalue weighted by Gasteiger charge is -2.34. The average Bonchev–Trinajstić information content (AvgIpc) is 2.21. The first-order valence-electron chi connectivity index (χ1n) is 6.23. The molecule has 1 fully saturated rings. The standard InChI is InChI=1S/C12H23NO3/c1-10(9-14)13-12(11(15)16)7-5-3-2-4-6-8-12/h10,13-14H,2-9H2,1H3,(H,15,16). The van der Waals surface area contributed by atoms with Gasteiger partial charge in [-0.1, -0.05) is 32.1 Å². The van der Waals surface area contributed by atoms with Crippen molar-refractivity contribution >= 4 is 5.97 Å². The molecule has 1 rings (SSSR count). The number of aliphatic hydroxyl groups is 1. The number of rotatable bonds is 4. The van der Waals surface area contributed by atoms with Gasteiger partial charge >= 0.3 is 5.97 Å². The van der Waals surface area contributed by atoms with Crippen LogP contribution < -0.4 is 5.32 Å². The molecule has 0 bridgehead atoms. The fraction of sp³-hybridized carbons (Fsp3) is 0.917. The number of carboxylic acids is 1. The number of carboxylic acid groups (broad SMARTS) is 1. The van der Waals surface area contributed by atoms with Crippen LogP contribution in [-0.2, 0) is 4.79 Å². The van der Waals surface area contributed by atoms with Gasteiger partial charge in [-0.3, -0.25) is 10.1 Å². The topological polar surface area (TPSA) is 69.6 Å². The van der Waals surface area contributed by atoms with Gasteiger partial charge in [-0.15, -0.1) is 0 Å². The molecule has 0 aromatic rings. The molecular weight excluding hydrogens is 206 g/mol. The van der Waals surface area contributed by atoms with Crippen molar-refractivity contribution in [3.8, 4) is 0 Å². The Morgan fingerprint density at radius 2 is 1.75 bits per heavy atom. The van der Waals surface area contributed by atoms with Crippen LogP contribution in [0.25, 0.3) is 0 Å². The third-order valence-corrected chi connectivity index (χ3v) is 3.41. The number of hydrogen-bond acceptors (Lipinski definition) is 3. The van der Waals surface area contributed by atoms with E-state index in [0.29, 0.717) is 12.8 Å². The van der Waals surface area contributed by atoms with Gasteiger partial charge < -0.3 is 10.2 Å². The summed E-state index contributed by atoms with van der Waals surface area (Å²) in [5.74, 6) is -0.769. The van der Waals surface area contributed by atoms with Gasteiger partial charge in [0, 0.05) is 6.04 Å². The maximum absolute atomic E-state index is 11.4. The molecule has 0 aromatic carbocycles. The van der Waals surface area contributed by atoms with Crippen LogP contribution >= 0.6 is 0 Å². The molecule has 0 aliphatic heterocycles. The zero-order valence-electron chi connectivity index (χ0n) is 10.0. The van der Waals surface area contributed by atoms with E-state index in [2.05, 4.69) is 5.32 Å². The van der Waals surface area contributed by atoms with Crippen molar-refractivity contribution in [3.05, 3.63) is 0 Å². The molecule has 1 aliphatic rings. The fourth-order valence-corrected chi connectivity index (χ4v) is 2.45. The first-order valence-corrected chi connectivity index (χ1v) is 6.23. The quantitative estimate of drug-likeness (QED) is 0.683. The summed E-state index contributed by atoms with van der Waals surface area (Å²) in [5, 5.41) is 21.5. The molecule has 0 saturated heterocycles. The van der Waals surface area contributed by atoms with E-state index in [1.54, 1.807) is 0 Å². The minimum atomic E-state index is -0.817. The Labute approximate surface area is 97.0 Å². The van der Waals surface area contributed by atoms with E-state index >= 15 is 0 Å². The highest BCUT2D eigenvalue weighted by Crippen LogP contribution is 2.27. The molecule has 4 heteroatoms. The Bertz CT molecular complexity index is 222. The van der Waals surface area contributed by atoms with E-state index in [4.69, 9.17) is 5.11 Å². The molecule has 16 heavy (non-hydrogen) atoms. The molecule has 1 atom stereocenters. The Morgan fingerprint density at radius 1 is 1.25 bits per heavy atom. The molecule has 0 amide bonds. The van der Waals surface area contributed by atoms with Crippen molar-refractivity contribution in [2.24, 2.45) is 0 Å². The molecule has 1 saturated carbocycles. The van der Waals surface area contributed by atoms with Crippen LogP contribution in [0, 0.1) is 0 Å². The fourth-order valence-electron chi connectivity index (χ4n) is 2.45. The summed E-state index contributed by atoms with van der Waals surface area (Å²) in [7, 11) is 0. The van der Waals surface area contributed by atoms with E-state index < -0.39 is 11.5 Å². The third kappa shape index (κ3) is 3.46. The summed E-state index contributed by atoms with van der Waals surface area (Å²) in [6.45, 7) is 1.80. The lowest BCUT2D eigenvalue weighted by molar-refractivity contribution is -0.146. The van der Waals surface area contributed by atoms with Gasteiger partial charge in [-0.2, -0.15) is 0 Å². The zero-order chi connectivity index (χ0) is 12.0.